The van der Waals surface area contributed by atoms with Crippen LogP contribution in [-0.4, -0.2) is 36.3 Å². The third kappa shape index (κ3) is 4.14. The predicted octanol–water partition coefficient (Wildman–Crippen LogP) is 3.16. The number of anilines is 2. The maximum Gasteiger partial charge on any atom is 0.241 e. The van der Waals surface area contributed by atoms with E-state index in [1.165, 1.54) is 12.1 Å². The number of amides is 2. The van der Waals surface area contributed by atoms with E-state index in [0.29, 0.717) is 11.4 Å². The smallest absolute Gasteiger partial charge is 0.241 e. The molecule has 1 unspecified atom stereocenters. The van der Waals surface area contributed by atoms with Crippen LogP contribution in [0.5, 0.6) is 0 Å². The topological polar surface area (TPSA) is 52.7 Å². The van der Waals surface area contributed by atoms with Gasteiger partial charge in [-0.3, -0.25) is 14.5 Å². The standard InChI is InChI=1S/C20H21F2N3O2/c1-13-10-18(26)23-16-8-3-4-9-17(16)25(13)19(27)12-24(2)11-14-6-5-7-15(21)20(14)22/h3-9,13H,10-12H2,1-2H3,(H,23,26). The quantitative estimate of drug-likeness (QED) is 0.896. The number of halogens is 2. The SMILES string of the molecule is CC1CC(=O)Nc2ccccc2N1C(=O)CN(C)Cc1cccc(F)c1F. The highest BCUT2D eigenvalue weighted by Gasteiger charge is 2.30. The van der Waals surface area contributed by atoms with Gasteiger partial charge in [0.1, 0.15) is 0 Å². The minimum absolute atomic E-state index is 0.00280. The number of nitrogens with zero attached hydrogens (tertiary/aromatic N) is 2. The Kier molecular flexibility index (Phi) is 5.51. The monoisotopic (exact) mass is 373 g/mol. The maximum absolute atomic E-state index is 13.9. The lowest BCUT2D eigenvalue weighted by Gasteiger charge is -2.29. The molecule has 0 fully saturated rings. The van der Waals surface area contributed by atoms with E-state index in [1.54, 1.807) is 41.1 Å². The fourth-order valence-electron chi connectivity index (χ4n) is 3.29. The van der Waals surface area contributed by atoms with Crippen molar-refractivity contribution >= 4 is 23.2 Å². The van der Waals surface area contributed by atoms with E-state index in [0.717, 1.165) is 6.07 Å². The summed E-state index contributed by atoms with van der Waals surface area (Å²) in [6.45, 7) is 1.91. The van der Waals surface area contributed by atoms with Gasteiger partial charge in [-0.1, -0.05) is 24.3 Å². The van der Waals surface area contributed by atoms with Crippen LogP contribution in [0.25, 0.3) is 0 Å². The van der Waals surface area contributed by atoms with Gasteiger partial charge in [0.15, 0.2) is 11.6 Å². The van der Waals surface area contributed by atoms with Crippen LogP contribution in [0.15, 0.2) is 42.5 Å². The summed E-state index contributed by atoms with van der Waals surface area (Å²) in [4.78, 5) is 28.2. The molecule has 5 nitrogen and oxygen atoms in total. The Balaban J connectivity index is 1.78. The van der Waals surface area contributed by atoms with Gasteiger partial charge < -0.3 is 10.2 Å². The fourth-order valence-corrected chi connectivity index (χ4v) is 3.29. The lowest BCUT2D eigenvalue weighted by Crippen LogP contribution is -2.44. The molecule has 1 aliphatic heterocycles. The zero-order chi connectivity index (χ0) is 19.6. The zero-order valence-corrected chi connectivity index (χ0v) is 15.2. The van der Waals surface area contributed by atoms with Crippen molar-refractivity contribution < 1.29 is 18.4 Å². The molecule has 0 bridgehead atoms. The van der Waals surface area contributed by atoms with E-state index in [2.05, 4.69) is 5.32 Å². The Morgan fingerprint density at radius 3 is 2.74 bits per heavy atom. The molecule has 1 aliphatic rings. The second kappa shape index (κ2) is 7.84. The Morgan fingerprint density at radius 1 is 1.22 bits per heavy atom. The van der Waals surface area contributed by atoms with E-state index >= 15 is 0 Å². The Hall–Kier alpha value is -2.80. The average molecular weight is 373 g/mol. The van der Waals surface area contributed by atoms with Gasteiger partial charge >= 0.3 is 0 Å². The van der Waals surface area contributed by atoms with E-state index in [4.69, 9.17) is 0 Å². The highest BCUT2D eigenvalue weighted by molar-refractivity contribution is 6.04. The van der Waals surface area contributed by atoms with E-state index in [1.807, 2.05) is 6.92 Å². The van der Waals surface area contributed by atoms with Gasteiger partial charge in [-0.25, -0.2) is 8.78 Å². The first-order valence-electron chi connectivity index (χ1n) is 8.69. The van der Waals surface area contributed by atoms with E-state index < -0.39 is 11.6 Å². The number of carbonyl (C=O) groups excluding carboxylic acids is 2. The molecule has 2 aromatic carbocycles. The molecule has 7 heteroatoms. The summed E-state index contributed by atoms with van der Waals surface area (Å²) < 4.78 is 27.2. The van der Waals surface area contributed by atoms with Crippen molar-refractivity contribution in [2.24, 2.45) is 0 Å². The molecule has 2 amide bonds. The Bertz CT molecular complexity index is 872. The van der Waals surface area contributed by atoms with Crippen LogP contribution < -0.4 is 10.2 Å². The zero-order valence-electron chi connectivity index (χ0n) is 15.2. The van der Waals surface area contributed by atoms with Gasteiger partial charge in [0.2, 0.25) is 11.8 Å². The predicted molar refractivity (Wildman–Crippen MR) is 99.3 cm³/mol. The van der Waals surface area contributed by atoms with Gasteiger partial charge in [0.25, 0.3) is 0 Å². The van der Waals surface area contributed by atoms with Crippen molar-refractivity contribution in [3.8, 4) is 0 Å². The van der Waals surface area contributed by atoms with Crippen molar-refractivity contribution in [3.63, 3.8) is 0 Å². The summed E-state index contributed by atoms with van der Waals surface area (Å²) in [5, 5.41) is 2.81. The first-order valence-corrected chi connectivity index (χ1v) is 8.69. The molecular formula is C20H21F2N3O2. The van der Waals surface area contributed by atoms with Crippen LogP contribution in [0.1, 0.15) is 18.9 Å². The number of rotatable bonds is 4. The van der Waals surface area contributed by atoms with Gasteiger partial charge in [-0.15, -0.1) is 0 Å². The van der Waals surface area contributed by atoms with Crippen molar-refractivity contribution in [2.45, 2.75) is 25.9 Å². The molecule has 0 saturated heterocycles. The fraction of sp³-hybridized carbons (Fsp3) is 0.300. The van der Waals surface area contributed by atoms with Crippen LogP contribution >= 0.6 is 0 Å². The number of carbonyl (C=O) groups is 2. The van der Waals surface area contributed by atoms with Crippen LogP contribution in [0.4, 0.5) is 20.2 Å². The normalized spacial score (nSPS) is 16.7. The number of benzene rings is 2. The molecule has 0 radical (unpaired) electrons. The average Bonchev–Trinajstić information content (AvgIpc) is 2.73. The summed E-state index contributed by atoms with van der Waals surface area (Å²) in [5.41, 5.74) is 1.40. The number of hydrogen-bond acceptors (Lipinski definition) is 3. The molecule has 0 saturated carbocycles. The summed E-state index contributed by atoms with van der Waals surface area (Å²) in [6.07, 6.45) is 0.183. The maximum atomic E-state index is 13.9. The first kappa shape index (κ1) is 19.0. The molecule has 0 aromatic heterocycles. The second-order valence-corrected chi connectivity index (χ2v) is 6.77. The van der Waals surface area contributed by atoms with Crippen LogP contribution in [0.3, 0.4) is 0 Å². The van der Waals surface area contributed by atoms with Crippen molar-refractivity contribution in [2.75, 3.05) is 23.8 Å². The second-order valence-electron chi connectivity index (χ2n) is 6.77. The number of likely N-dealkylation sites (N-methyl/N-ethyl adjacent to an activating group) is 1. The number of nitrogens with one attached hydrogen (secondary N) is 1. The van der Waals surface area contributed by atoms with Crippen molar-refractivity contribution in [3.05, 3.63) is 59.7 Å². The summed E-state index contributed by atoms with van der Waals surface area (Å²) in [6, 6.07) is 10.8. The lowest BCUT2D eigenvalue weighted by molar-refractivity contribution is -0.120. The molecule has 2 aromatic rings. The highest BCUT2D eigenvalue weighted by Crippen LogP contribution is 2.31. The minimum atomic E-state index is -0.910. The third-order valence-corrected chi connectivity index (χ3v) is 4.50. The molecule has 1 N–H and O–H groups in total. The van der Waals surface area contributed by atoms with E-state index in [-0.39, 0.29) is 42.9 Å². The van der Waals surface area contributed by atoms with Gasteiger partial charge in [0, 0.05) is 24.6 Å². The molecule has 0 aliphatic carbocycles. The molecule has 27 heavy (non-hydrogen) atoms. The van der Waals surface area contributed by atoms with Gasteiger partial charge in [-0.05, 0) is 32.2 Å². The van der Waals surface area contributed by atoms with Crippen molar-refractivity contribution in [1.82, 2.24) is 4.90 Å². The molecule has 1 heterocycles. The molecule has 1 atom stereocenters. The summed E-state index contributed by atoms with van der Waals surface area (Å²) in [5.74, 6) is -2.18. The summed E-state index contributed by atoms with van der Waals surface area (Å²) in [7, 11) is 1.67. The Labute approximate surface area is 156 Å². The highest BCUT2D eigenvalue weighted by atomic mass is 19.2. The Morgan fingerprint density at radius 2 is 1.96 bits per heavy atom. The lowest BCUT2D eigenvalue weighted by atomic mass is 10.1. The number of fused-ring (bicyclic) bond motifs is 1. The van der Waals surface area contributed by atoms with Crippen molar-refractivity contribution in [1.29, 1.82) is 0 Å². The third-order valence-electron chi connectivity index (χ3n) is 4.50. The molecule has 0 spiro atoms. The minimum Gasteiger partial charge on any atom is -0.324 e. The van der Waals surface area contributed by atoms with Gasteiger partial charge in [-0.2, -0.15) is 0 Å². The first-order chi connectivity index (χ1) is 12.9. The molecule has 142 valence electrons. The van der Waals surface area contributed by atoms with Crippen LogP contribution in [0, 0.1) is 11.6 Å². The largest absolute Gasteiger partial charge is 0.324 e. The van der Waals surface area contributed by atoms with Gasteiger partial charge in [0.05, 0.1) is 17.9 Å². The summed E-state index contributed by atoms with van der Waals surface area (Å²) >= 11 is 0. The van der Waals surface area contributed by atoms with Crippen LogP contribution in [-0.2, 0) is 16.1 Å². The van der Waals surface area contributed by atoms with E-state index in [9.17, 15) is 18.4 Å². The number of para-hydroxylation sites is 2. The van der Waals surface area contributed by atoms with Crippen LogP contribution in [0.2, 0.25) is 0 Å². The molecule has 3 rings (SSSR count). The molecular weight excluding hydrogens is 352 g/mol. The number of hydrogen-bond donors (Lipinski definition) is 1.